The van der Waals surface area contributed by atoms with Crippen molar-refractivity contribution in [2.45, 2.75) is 43.2 Å². The van der Waals surface area contributed by atoms with E-state index < -0.39 is 10.0 Å². The lowest BCUT2D eigenvalue weighted by Crippen LogP contribution is -2.41. The van der Waals surface area contributed by atoms with Gasteiger partial charge in [-0.3, -0.25) is 4.68 Å². The van der Waals surface area contributed by atoms with Gasteiger partial charge in [0.2, 0.25) is 10.0 Å². The van der Waals surface area contributed by atoms with Crippen LogP contribution in [0.5, 0.6) is 0 Å². The van der Waals surface area contributed by atoms with Crippen molar-refractivity contribution in [3.8, 4) is 0 Å². The molecule has 0 amide bonds. The highest BCUT2D eigenvalue weighted by atomic mass is 32.2. The summed E-state index contributed by atoms with van der Waals surface area (Å²) in [6.07, 6.45) is 6.45. The highest BCUT2D eigenvalue weighted by Crippen LogP contribution is 2.28. The number of hydrogen-bond donors (Lipinski definition) is 1. The van der Waals surface area contributed by atoms with Crippen LogP contribution in [0.25, 0.3) is 0 Å². The van der Waals surface area contributed by atoms with E-state index in [2.05, 4.69) is 5.10 Å². The summed E-state index contributed by atoms with van der Waals surface area (Å²) in [6.45, 7) is 0.600. The van der Waals surface area contributed by atoms with Crippen molar-refractivity contribution in [3.63, 3.8) is 0 Å². The summed E-state index contributed by atoms with van der Waals surface area (Å²) in [6, 6.07) is 0.135. The van der Waals surface area contributed by atoms with Gasteiger partial charge in [0.05, 0.1) is 6.20 Å². The molecule has 0 aromatic carbocycles. The topological polar surface area (TPSA) is 75.4 Å². The van der Waals surface area contributed by atoms with Crippen LogP contribution in [0.1, 0.15) is 25.7 Å². The molecule has 7 heteroatoms. The summed E-state index contributed by atoms with van der Waals surface area (Å²) < 4.78 is 27.6. The van der Waals surface area contributed by atoms with E-state index in [0.717, 1.165) is 19.3 Å². The molecule has 2 rings (SSSR count). The third-order valence-electron chi connectivity index (χ3n) is 3.42. The van der Waals surface area contributed by atoms with Gasteiger partial charge in [0, 0.05) is 32.4 Å². The molecule has 1 aliphatic rings. The van der Waals surface area contributed by atoms with Crippen LogP contribution in [0.2, 0.25) is 0 Å². The molecular weight excluding hydrogens is 254 g/mol. The van der Waals surface area contributed by atoms with E-state index in [1.54, 1.807) is 11.7 Å². The van der Waals surface area contributed by atoms with Gasteiger partial charge in [-0.15, -0.1) is 0 Å². The second-order valence-electron chi connectivity index (χ2n) is 4.62. The van der Waals surface area contributed by atoms with Crippen LogP contribution in [0.3, 0.4) is 0 Å². The zero-order valence-corrected chi connectivity index (χ0v) is 11.3. The van der Waals surface area contributed by atoms with E-state index in [9.17, 15) is 8.42 Å². The third kappa shape index (κ3) is 2.57. The summed E-state index contributed by atoms with van der Waals surface area (Å²) >= 11 is 0. The average molecular weight is 273 g/mol. The molecular formula is C11H19N3O3S. The largest absolute Gasteiger partial charge is 0.396 e. The second-order valence-corrected chi connectivity index (χ2v) is 6.62. The molecule has 1 aliphatic carbocycles. The van der Waals surface area contributed by atoms with E-state index in [1.807, 2.05) is 0 Å². The first-order valence-electron chi connectivity index (χ1n) is 6.17. The molecule has 1 aromatic heterocycles. The van der Waals surface area contributed by atoms with Crippen molar-refractivity contribution in [2.24, 2.45) is 0 Å². The minimum Gasteiger partial charge on any atom is -0.396 e. The summed E-state index contributed by atoms with van der Waals surface area (Å²) in [5.41, 5.74) is 0. The van der Waals surface area contributed by atoms with Gasteiger partial charge in [0.25, 0.3) is 0 Å². The van der Waals surface area contributed by atoms with E-state index in [0.29, 0.717) is 13.0 Å². The fourth-order valence-electron chi connectivity index (χ4n) is 1.95. The summed E-state index contributed by atoms with van der Waals surface area (Å²) in [5.74, 6) is 0. The van der Waals surface area contributed by atoms with E-state index in [-0.39, 0.29) is 17.5 Å². The molecule has 18 heavy (non-hydrogen) atoms. The Morgan fingerprint density at radius 3 is 2.83 bits per heavy atom. The van der Waals surface area contributed by atoms with Gasteiger partial charge in [0.15, 0.2) is 0 Å². The molecule has 0 spiro atoms. The maximum absolute atomic E-state index is 12.3. The zero-order valence-electron chi connectivity index (χ0n) is 10.5. The molecule has 1 saturated carbocycles. The Kier molecular flexibility index (Phi) is 4.04. The van der Waals surface area contributed by atoms with Crippen molar-refractivity contribution in [3.05, 3.63) is 12.4 Å². The second kappa shape index (κ2) is 5.38. The van der Waals surface area contributed by atoms with Gasteiger partial charge in [-0.2, -0.15) is 9.40 Å². The fraction of sp³-hybridized carbons (Fsp3) is 0.727. The number of rotatable bonds is 6. The van der Waals surface area contributed by atoms with Crippen LogP contribution in [-0.2, 0) is 16.6 Å². The van der Waals surface area contributed by atoms with Gasteiger partial charge < -0.3 is 5.11 Å². The summed E-state index contributed by atoms with van der Waals surface area (Å²) in [7, 11) is -1.79. The van der Waals surface area contributed by atoms with Gasteiger partial charge in [0.1, 0.15) is 4.90 Å². The first-order valence-corrected chi connectivity index (χ1v) is 7.61. The zero-order chi connectivity index (χ0) is 13.2. The van der Waals surface area contributed by atoms with Crippen LogP contribution >= 0.6 is 0 Å². The smallest absolute Gasteiger partial charge is 0.246 e. The fourth-order valence-corrected chi connectivity index (χ4v) is 3.32. The SMILES string of the molecule is CN(C1CCC1)S(=O)(=O)c1cnn(CCCO)c1. The molecule has 0 aliphatic heterocycles. The lowest BCUT2D eigenvalue weighted by Gasteiger charge is -2.33. The highest BCUT2D eigenvalue weighted by Gasteiger charge is 2.32. The Bertz CT molecular complexity index is 493. The summed E-state index contributed by atoms with van der Waals surface area (Å²) in [4.78, 5) is 0.231. The van der Waals surface area contributed by atoms with Crippen LogP contribution < -0.4 is 0 Å². The standard InChI is InChI=1S/C11H19N3O3S/c1-13(10-4-2-5-10)18(16,17)11-8-12-14(9-11)6-3-7-15/h8-10,15H,2-7H2,1H3. The lowest BCUT2D eigenvalue weighted by atomic mass is 9.94. The van der Waals surface area contributed by atoms with E-state index in [4.69, 9.17) is 5.11 Å². The van der Waals surface area contributed by atoms with Crippen LogP contribution in [0, 0.1) is 0 Å². The first kappa shape index (κ1) is 13.5. The number of sulfonamides is 1. The number of hydrogen-bond acceptors (Lipinski definition) is 4. The Balaban J connectivity index is 2.11. The van der Waals surface area contributed by atoms with Crippen LogP contribution in [-0.4, -0.2) is 47.3 Å². The predicted octanol–water partition coefficient (Wildman–Crippen LogP) is 0.438. The first-order chi connectivity index (χ1) is 8.55. The number of aryl methyl sites for hydroxylation is 1. The minimum absolute atomic E-state index is 0.0733. The molecule has 1 fully saturated rings. The average Bonchev–Trinajstić information content (AvgIpc) is 2.73. The molecule has 6 nitrogen and oxygen atoms in total. The monoisotopic (exact) mass is 273 g/mol. The maximum Gasteiger partial charge on any atom is 0.246 e. The van der Waals surface area contributed by atoms with E-state index >= 15 is 0 Å². The van der Waals surface area contributed by atoms with Crippen molar-refractivity contribution < 1.29 is 13.5 Å². The molecule has 0 atom stereocenters. The number of aliphatic hydroxyl groups is 1. The molecule has 0 radical (unpaired) electrons. The number of aliphatic hydroxyl groups excluding tert-OH is 1. The third-order valence-corrected chi connectivity index (χ3v) is 5.28. The molecule has 102 valence electrons. The molecule has 1 aromatic rings. The Morgan fingerprint density at radius 2 is 2.28 bits per heavy atom. The van der Waals surface area contributed by atoms with Gasteiger partial charge >= 0.3 is 0 Å². The predicted molar refractivity (Wildman–Crippen MR) is 66.5 cm³/mol. The normalized spacial score (nSPS) is 17.1. The van der Waals surface area contributed by atoms with Crippen molar-refractivity contribution >= 4 is 10.0 Å². The van der Waals surface area contributed by atoms with Crippen molar-refractivity contribution in [1.82, 2.24) is 14.1 Å². The van der Waals surface area contributed by atoms with Gasteiger partial charge in [-0.25, -0.2) is 8.42 Å². The Labute approximate surface area is 107 Å². The van der Waals surface area contributed by atoms with Gasteiger partial charge in [-0.05, 0) is 19.3 Å². The number of nitrogens with zero attached hydrogens (tertiary/aromatic N) is 3. The van der Waals surface area contributed by atoms with Crippen molar-refractivity contribution in [1.29, 1.82) is 0 Å². The van der Waals surface area contributed by atoms with Crippen molar-refractivity contribution in [2.75, 3.05) is 13.7 Å². The number of aromatic nitrogens is 2. The van der Waals surface area contributed by atoms with Crippen LogP contribution in [0.4, 0.5) is 0 Å². The van der Waals surface area contributed by atoms with E-state index in [1.165, 1.54) is 16.7 Å². The quantitative estimate of drug-likeness (QED) is 0.816. The Morgan fingerprint density at radius 1 is 1.56 bits per heavy atom. The maximum atomic E-state index is 12.3. The van der Waals surface area contributed by atoms with Crippen LogP contribution in [0.15, 0.2) is 17.3 Å². The molecule has 1 N–H and O–H groups in total. The molecule has 0 saturated heterocycles. The molecule has 0 bridgehead atoms. The highest BCUT2D eigenvalue weighted by molar-refractivity contribution is 7.89. The summed E-state index contributed by atoms with van der Waals surface area (Å²) in [5, 5.41) is 12.7. The molecule has 0 unspecified atom stereocenters. The van der Waals surface area contributed by atoms with Gasteiger partial charge in [-0.1, -0.05) is 6.42 Å². The minimum atomic E-state index is -3.42. The Hall–Kier alpha value is -0.920. The lowest BCUT2D eigenvalue weighted by molar-refractivity contribution is 0.249. The molecule has 1 heterocycles.